The molecule has 0 spiro atoms. The van der Waals surface area contributed by atoms with E-state index in [1.165, 1.54) is 7.11 Å². The van der Waals surface area contributed by atoms with Crippen molar-refractivity contribution in [3.63, 3.8) is 0 Å². The Bertz CT molecular complexity index is 1020. The van der Waals surface area contributed by atoms with Crippen LogP contribution < -0.4 is 18.9 Å². The topological polar surface area (TPSA) is 83.5 Å². The van der Waals surface area contributed by atoms with Crippen LogP contribution in [-0.4, -0.2) is 63.7 Å². The Morgan fingerprint density at radius 3 is 2.68 bits per heavy atom. The highest BCUT2D eigenvalue weighted by Crippen LogP contribution is 2.37. The summed E-state index contributed by atoms with van der Waals surface area (Å²) in [6.07, 6.45) is 1.62. The number of carbonyl (C=O) groups excluding carboxylic acids is 2. The van der Waals surface area contributed by atoms with Gasteiger partial charge in [0, 0.05) is 24.7 Å². The van der Waals surface area contributed by atoms with Crippen LogP contribution >= 0.6 is 0 Å². The fourth-order valence-corrected chi connectivity index (χ4v) is 3.47. The van der Waals surface area contributed by atoms with E-state index in [1.54, 1.807) is 54.5 Å². The number of nitrogens with zero attached hydrogens (tertiary/aromatic N) is 1. The van der Waals surface area contributed by atoms with Gasteiger partial charge in [-0.05, 0) is 24.3 Å². The van der Waals surface area contributed by atoms with Gasteiger partial charge < -0.3 is 28.6 Å². The first-order valence-corrected chi connectivity index (χ1v) is 9.88. The third kappa shape index (κ3) is 4.34. The molecule has 31 heavy (non-hydrogen) atoms. The van der Waals surface area contributed by atoms with E-state index in [4.69, 9.17) is 23.7 Å². The Balaban J connectivity index is 1.48. The molecule has 4 rings (SSSR count). The van der Waals surface area contributed by atoms with Gasteiger partial charge in [-0.2, -0.15) is 0 Å². The number of Topliss-reactive ketones (excluding diaryl/α,β-unsaturated/α-hetero) is 1. The van der Waals surface area contributed by atoms with Gasteiger partial charge in [0.15, 0.2) is 23.9 Å². The van der Waals surface area contributed by atoms with Gasteiger partial charge in [0.25, 0.3) is 5.91 Å². The highest BCUT2D eigenvalue weighted by Gasteiger charge is 2.28. The number of methoxy groups -OCH3 is 2. The smallest absolute Gasteiger partial charge is 0.260 e. The van der Waals surface area contributed by atoms with Gasteiger partial charge in [-0.15, -0.1) is 0 Å². The molecule has 0 N–H and O–H groups in total. The van der Waals surface area contributed by atoms with Gasteiger partial charge >= 0.3 is 0 Å². The van der Waals surface area contributed by atoms with Crippen LogP contribution in [0, 0.1) is 0 Å². The predicted octanol–water partition coefficient (Wildman–Crippen LogP) is 2.56. The van der Waals surface area contributed by atoms with Crippen molar-refractivity contribution < 1.29 is 33.3 Å². The van der Waals surface area contributed by atoms with Crippen molar-refractivity contribution in [3.05, 3.63) is 53.3 Å². The maximum absolute atomic E-state index is 12.8. The van der Waals surface area contributed by atoms with Gasteiger partial charge in [-0.1, -0.05) is 12.1 Å². The minimum Gasteiger partial charge on any atom is -0.493 e. The maximum Gasteiger partial charge on any atom is 0.260 e. The molecular formula is C23H23NO7. The molecule has 0 unspecified atom stereocenters. The van der Waals surface area contributed by atoms with Crippen LogP contribution in [0.1, 0.15) is 15.9 Å². The average molecular weight is 425 g/mol. The molecule has 2 aliphatic rings. The Hall–Kier alpha value is -3.52. The number of benzene rings is 2. The second-order valence-corrected chi connectivity index (χ2v) is 6.96. The fourth-order valence-electron chi connectivity index (χ4n) is 3.47. The molecule has 0 atom stereocenters. The monoisotopic (exact) mass is 425 g/mol. The summed E-state index contributed by atoms with van der Waals surface area (Å²) >= 11 is 0. The SMILES string of the molecule is COc1cccc(/C=C2\Oc3cc(OCC(=O)N4CCOCC4)ccc3C2=O)c1OC. The molecule has 0 aromatic heterocycles. The van der Waals surface area contributed by atoms with E-state index in [0.29, 0.717) is 60.4 Å². The molecule has 1 fully saturated rings. The highest BCUT2D eigenvalue weighted by molar-refractivity contribution is 6.14. The lowest BCUT2D eigenvalue weighted by Gasteiger charge is -2.26. The molecule has 162 valence electrons. The number of hydrogen-bond donors (Lipinski definition) is 0. The van der Waals surface area contributed by atoms with Crippen LogP contribution in [0.15, 0.2) is 42.2 Å². The zero-order valence-electron chi connectivity index (χ0n) is 17.4. The number of carbonyl (C=O) groups is 2. The molecule has 1 saturated heterocycles. The molecule has 0 aliphatic carbocycles. The first kappa shape index (κ1) is 20.7. The number of morpholine rings is 1. The number of para-hydroxylation sites is 1. The summed E-state index contributed by atoms with van der Waals surface area (Å²) in [5.74, 6) is 1.73. The first-order chi connectivity index (χ1) is 15.1. The molecule has 8 heteroatoms. The minimum absolute atomic E-state index is 0.0869. The molecule has 2 aliphatic heterocycles. The van der Waals surface area contributed by atoms with Crippen LogP contribution in [0.2, 0.25) is 0 Å². The predicted molar refractivity (Wildman–Crippen MR) is 112 cm³/mol. The number of amides is 1. The fraction of sp³-hybridized carbons (Fsp3) is 0.304. The van der Waals surface area contributed by atoms with E-state index >= 15 is 0 Å². The number of fused-ring (bicyclic) bond motifs is 1. The van der Waals surface area contributed by atoms with E-state index in [0.717, 1.165) is 0 Å². The van der Waals surface area contributed by atoms with Gasteiger partial charge in [0.1, 0.15) is 11.5 Å². The minimum atomic E-state index is -0.240. The lowest BCUT2D eigenvalue weighted by atomic mass is 10.1. The van der Waals surface area contributed by atoms with Crippen molar-refractivity contribution in [3.8, 4) is 23.0 Å². The largest absolute Gasteiger partial charge is 0.493 e. The molecule has 2 heterocycles. The zero-order chi connectivity index (χ0) is 21.8. The van der Waals surface area contributed by atoms with Gasteiger partial charge in [-0.3, -0.25) is 9.59 Å². The molecule has 0 bridgehead atoms. The molecule has 2 aromatic rings. The third-order valence-corrected chi connectivity index (χ3v) is 5.09. The van der Waals surface area contributed by atoms with Crippen molar-refractivity contribution in [2.75, 3.05) is 47.1 Å². The molecule has 1 amide bonds. The lowest BCUT2D eigenvalue weighted by molar-refractivity contribution is -0.137. The second-order valence-electron chi connectivity index (χ2n) is 6.96. The Morgan fingerprint density at radius 2 is 1.94 bits per heavy atom. The van der Waals surface area contributed by atoms with E-state index in [2.05, 4.69) is 0 Å². The molecular weight excluding hydrogens is 402 g/mol. The first-order valence-electron chi connectivity index (χ1n) is 9.88. The Kier molecular flexibility index (Phi) is 6.08. The maximum atomic E-state index is 12.8. The van der Waals surface area contributed by atoms with Crippen molar-refractivity contribution >= 4 is 17.8 Å². The van der Waals surface area contributed by atoms with Gasteiger partial charge in [0.2, 0.25) is 5.78 Å². The molecule has 0 saturated carbocycles. The summed E-state index contributed by atoms with van der Waals surface area (Å²) in [5, 5.41) is 0. The van der Waals surface area contributed by atoms with Crippen LogP contribution in [-0.2, 0) is 9.53 Å². The molecule has 0 radical (unpaired) electrons. The van der Waals surface area contributed by atoms with Crippen LogP contribution in [0.4, 0.5) is 0 Å². The highest BCUT2D eigenvalue weighted by atomic mass is 16.5. The van der Waals surface area contributed by atoms with Crippen LogP contribution in [0.25, 0.3) is 6.08 Å². The van der Waals surface area contributed by atoms with E-state index in [9.17, 15) is 9.59 Å². The number of allylic oxidation sites excluding steroid dienone is 1. The number of ketones is 1. The summed E-state index contributed by atoms with van der Waals surface area (Å²) in [7, 11) is 3.08. The molecule has 2 aromatic carbocycles. The Labute approximate surface area is 179 Å². The standard InChI is InChI=1S/C23H23NO7/c1-27-18-5-3-4-15(23(18)28-2)12-20-22(26)17-7-6-16(13-19(17)31-20)30-14-21(25)24-8-10-29-11-9-24/h3-7,12-13H,8-11,14H2,1-2H3/b20-12-. The van der Waals surface area contributed by atoms with Crippen LogP contribution in [0.3, 0.4) is 0 Å². The summed E-state index contributed by atoms with van der Waals surface area (Å²) in [4.78, 5) is 26.7. The van der Waals surface area contributed by atoms with Gasteiger partial charge in [0.05, 0.1) is 33.0 Å². The quantitative estimate of drug-likeness (QED) is 0.658. The number of rotatable bonds is 6. The average Bonchev–Trinajstić information content (AvgIpc) is 3.12. The number of ether oxygens (including phenoxy) is 5. The van der Waals surface area contributed by atoms with Crippen molar-refractivity contribution in [1.29, 1.82) is 0 Å². The van der Waals surface area contributed by atoms with Crippen molar-refractivity contribution in [2.24, 2.45) is 0 Å². The van der Waals surface area contributed by atoms with E-state index in [-0.39, 0.29) is 24.1 Å². The third-order valence-electron chi connectivity index (χ3n) is 5.09. The lowest BCUT2D eigenvalue weighted by Crippen LogP contribution is -2.42. The molecule has 8 nitrogen and oxygen atoms in total. The van der Waals surface area contributed by atoms with Crippen molar-refractivity contribution in [2.45, 2.75) is 0 Å². The van der Waals surface area contributed by atoms with Crippen molar-refractivity contribution in [1.82, 2.24) is 4.90 Å². The summed E-state index contributed by atoms with van der Waals surface area (Å²) in [6.45, 7) is 2.11. The zero-order valence-corrected chi connectivity index (χ0v) is 17.4. The van der Waals surface area contributed by atoms with E-state index < -0.39 is 0 Å². The summed E-state index contributed by atoms with van der Waals surface area (Å²) in [6, 6.07) is 10.3. The summed E-state index contributed by atoms with van der Waals surface area (Å²) < 4.78 is 27.4. The Morgan fingerprint density at radius 1 is 1.13 bits per heavy atom. The summed E-state index contributed by atoms with van der Waals surface area (Å²) in [5.41, 5.74) is 1.09. The number of hydrogen-bond acceptors (Lipinski definition) is 7. The van der Waals surface area contributed by atoms with Gasteiger partial charge in [-0.25, -0.2) is 0 Å². The normalized spacial score (nSPS) is 16.6. The second kappa shape index (κ2) is 9.09. The van der Waals surface area contributed by atoms with Crippen LogP contribution in [0.5, 0.6) is 23.0 Å². The van der Waals surface area contributed by atoms with E-state index in [1.807, 2.05) is 0 Å².